The Labute approximate surface area is 52.4 Å². The molecule has 0 aromatic rings. The molecule has 1 atom stereocenters. The molecule has 0 bridgehead atoms. The van der Waals surface area contributed by atoms with Gasteiger partial charge in [0.25, 0.3) is 5.52 Å². The van der Waals surface area contributed by atoms with Crippen molar-refractivity contribution in [3.05, 3.63) is 0 Å². The van der Waals surface area contributed by atoms with E-state index in [1.807, 2.05) is 0 Å². The topological polar surface area (TPSA) is 54.4 Å². The largest absolute Gasteiger partial charge is 0.475 e. The molecule has 0 amide bonds. The average Bonchev–Trinajstić information content (AvgIpc) is 1.67. The van der Waals surface area contributed by atoms with E-state index in [0.717, 1.165) is 0 Å². The van der Waals surface area contributed by atoms with Crippen LogP contribution >= 0.6 is 19.2 Å². The van der Waals surface area contributed by atoms with Gasteiger partial charge in [0.15, 0.2) is 0 Å². The highest BCUT2D eigenvalue weighted by atomic mass is 32.7. The minimum absolute atomic E-state index is 0.153. The minimum Gasteiger partial charge on any atom is -0.475 e. The molecule has 0 heterocycles. The summed E-state index contributed by atoms with van der Waals surface area (Å²) in [5, 5.41) is 7.96. The number of carboxylic acid groups (broad SMARTS) is 1. The van der Waals surface area contributed by atoms with Crippen LogP contribution in [0.4, 0.5) is 0 Å². The maximum Gasteiger partial charge on any atom is 0.377 e. The molecule has 0 aliphatic heterocycles. The van der Waals surface area contributed by atoms with Gasteiger partial charge in [-0.3, -0.25) is 4.79 Å². The quantitative estimate of drug-likeness (QED) is 0.474. The van der Waals surface area contributed by atoms with Crippen molar-refractivity contribution in [2.75, 3.05) is 6.26 Å². The number of hydrogen-bond donors (Lipinski definition) is 1. The van der Waals surface area contributed by atoms with Crippen LogP contribution in [0.2, 0.25) is 0 Å². The summed E-state index contributed by atoms with van der Waals surface area (Å²) in [5.41, 5.74) is -0.711. The van der Waals surface area contributed by atoms with Gasteiger partial charge in [-0.15, -0.1) is 11.4 Å². The van der Waals surface area contributed by atoms with Crippen molar-refractivity contribution >= 4 is 30.7 Å². The second-order valence-electron chi connectivity index (χ2n) is 0.940. The Morgan fingerprint density at radius 3 is 2.25 bits per heavy atom. The van der Waals surface area contributed by atoms with Crippen molar-refractivity contribution in [3.8, 4) is 0 Å². The molecule has 0 aliphatic carbocycles. The predicted molar refractivity (Wildman–Crippen MR) is 34.5 cm³/mol. The van der Waals surface area contributed by atoms with Crippen LogP contribution in [0.5, 0.6) is 0 Å². The Balaban J connectivity index is 3.49. The Morgan fingerprint density at radius 1 is 1.62 bits per heavy atom. The van der Waals surface area contributed by atoms with E-state index in [-0.39, 0.29) is 7.78 Å². The van der Waals surface area contributed by atoms with E-state index in [2.05, 4.69) is 0 Å². The fourth-order valence-corrected chi connectivity index (χ4v) is 1.23. The Hall–Kier alpha value is -0.0800. The van der Waals surface area contributed by atoms with Crippen LogP contribution in [0.3, 0.4) is 0 Å². The zero-order valence-corrected chi connectivity index (χ0v) is 5.99. The maximum absolute atomic E-state index is 10.1. The van der Waals surface area contributed by atoms with Crippen molar-refractivity contribution in [1.82, 2.24) is 0 Å². The molecular formula is C3H5O3PS. The third-order valence-electron chi connectivity index (χ3n) is 0.389. The summed E-state index contributed by atoms with van der Waals surface area (Å²) >= 11 is 1.24. The first-order valence-corrected chi connectivity index (χ1v) is 4.69. The van der Waals surface area contributed by atoms with Crippen LogP contribution in [0.25, 0.3) is 0 Å². The van der Waals surface area contributed by atoms with E-state index in [1.165, 1.54) is 11.4 Å². The van der Waals surface area contributed by atoms with E-state index < -0.39 is 11.5 Å². The molecule has 0 radical (unpaired) electrons. The SMILES string of the molecule is CSPC(=O)C(=O)O. The Bertz CT molecular complexity index is 113. The fourth-order valence-electron chi connectivity index (χ4n) is 0.136. The van der Waals surface area contributed by atoms with E-state index in [0.29, 0.717) is 0 Å². The Morgan fingerprint density at radius 2 is 2.12 bits per heavy atom. The number of carboxylic acids is 1. The molecule has 8 heavy (non-hydrogen) atoms. The highest BCUT2D eigenvalue weighted by Crippen LogP contribution is 2.25. The van der Waals surface area contributed by atoms with Gasteiger partial charge < -0.3 is 5.11 Å². The standard InChI is InChI=1S/C3H5O3PS/c1-8-7-3(6)2(4)5/h7H,1H3,(H,4,5). The molecule has 3 nitrogen and oxygen atoms in total. The summed E-state index contributed by atoms with van der Waals surface area (Å²) in [6, 6.07) is 0. The molecule has 0 rings (SSSR count). The van der Waals surface area contributed by atoms with Crippen LogP contribution in [-0.2, 0) is 9.59 Å². The van der Waals surface area contributed by atoms with Crippen LogP contribution < -0.4 is 0 Å². The van der Waals surface area contributed by atoms with Gasteiger partial charge in [0.2, 0.25) is 0 Å². The third-order valence-corrected chi connectivity index (χ3v) is 2.16. The molecule has 0 aromatic carbocycles. The van der Waals surface area contributed by atoms with Crippen LogP contribution in [-0.4, -0.2) is 22.9 Å². The van der Waals surface area contributed by atoms with Gasteiger partial charge >= 0.3 is 5.97 Å². The lowest BCUT2D eigenvalue weighted by Crippen LogP contribution is -2.04. The number of rotatable bonds is 3. The second-order valence-corrected chi connectivity index (χ2v) is 3.84. The number of aliphatic carboxylic acids is 1. The first kappa shape index (κ1) is 7.92. The van der Waals surface area contributed by atoms with Crippen LogP contribution in [0.1, 0.15) is 0 Å². The molecule has 0 saturated heterocycles. The van der Waals surface area contributed by atoms with Crippen molar-refractivity contribution in [3.63, 3.8) is 0 Å². The fraction of sp³-hybridized carbons (Fsp3) is 0.333. The third kappa shape index (κ3) is 2.99. The molecule has 0 aromatic heterocycles. The molecule has 1 unspecified atom stereocenters. The molecule has 0 aliphatic rings. The summed E-state index contributed by atoms with van der Waals surface area (Å²) in [6.45, 7) is 0. The highest BCUT2D eigenvalue weighted by molar-refractivity contribution is 8.53. The van der Waals surface area contributed by atoms with Gasteiger partial charge in [0, 0.05) is 7.78 Å². The van der Waals surface area contributed by atoms with E-state index in [4.69, 9.17) is 5.11 Å². The molecular weight excluding hydrogens is 147 g/mol. The lowest BCUT2D eigenvalue weighted by Gasteiger charge is -1.85. The monoisotopic (exact) mass is 152 g/mol. The lowest BCUT2D eigenvalue weighted by atomic mass is 10.8. The zero-order chi connectivity index (χ0) is 6.57. The van der Waals surface area contributed by atoms with Crippen LogP contribution in [0.15, 0.2) is 0 Å². The molecule has 5 heteroatoms. The van der Waals surface area contributed by atoms with Crippen molar-refractivity contribution in [2.45, 2.75) is 0 Å². The lowest BCUT2D eigenvalue weighted by molar-refractivity contribution is -0.145. The minimum atomic E-state index is -1.34. The molecule has 0 fully saturated rings. The summed E-state index contributed by atoms with van der Waals surface area (Å²) in [5.74, 6) is -1.34. The zero-order valence-electron chi connectivity index (χ0n) is 4.17. The van der Waals surface area contributed by atoms with Gasteiger partial charge in [0.1, 0.15) is 0 Å². The second kappa shape index (κ2) is 3.87. The van der Waals surface area contributed by atoms with Crippen molar-refractivity contribution in [2.24, 2.45) is 0 Å². The average molecular weight is 152 g/mol. The number of carbonyl (C=O) groups excluding carboxylic acids is 1. The normalized spacial score (nSPS) is 10.1. The highest BCUT2D eigenvalue weighted by Gasteiger charge is 2.08. The van der Waals surface area contributed by atoms with E-state index in [9.17, 15) is 9.59 Å². The van der Waals surface area contributed by atoms with Crippen LogP contribution in [0, 0.1) is 0 Å². The molecule has 0 spiro atoms. The van der Waals surface area contributed by atoms with Gasteiger partial charge in [-0.25, -0.2) is 4.79 Å². The Kier molecular flexibility index (Phi) is 3.83. The number of hydrogen-bond acceptors (Lipinski definition) is 3. The van der Waals surface area contributed by atoms with Crippen molar-refractivity contribution < 1.29 is 14.7 Å². The molecule has 0 saturated carbocycles. The van der Waals surface area contributed by atoms with Gasteiger partial charge in [-0.2, -0.15) is 0 Å². The van der Waals surface area contributed by atoms with Gasteiger partial charge in [0.05, 0.1) is 0 Å². The molecule has 46 valence electrons. The van der Waals surface area contributed by atoms with Gasteiger partial charge in [-0.05, 0) is 6.26 Å². The smallest absolute Gasteiger partial charge is 0.377 e. The summed E-state index contributed by atoms with van der Waals surface area (Å²) in [6.07, 6.45) is 1.69. The first-order chi connectivity index (χ1) is 3.68. The molecule has 1 N–H and O–H groups in total. The summed E-state index contributed by atoms with van der Waals surface area (Å²) < 4.78 is 0. The summed E-state index contributed by atoms with van der Waals surface area (Å²) in [7, 11) is -0.153. The first-order valence-electron chi connectivity index (χ1n) is 1.74. The maximum atomic E-state index is 10.1. The predicted octanol–water partition coefficient (Wildman–Crippen LogP) is 0.554. The van der Waals surface area contributed by atoms with Gasteiger partial charge in [-0.1, -0.05) is 0 Å². The van der Waals surface area contributed by atoms with Crippen molar-refractivity contribution in [1.29, 1.82) is 0 Å². The number of carbonyl (C=O) groups is 2. The summed E-state index contributed by atoms with van der Waals surface area (Å²) in [4.78, 5) is 19.9. The van der Waals surface area contributed by atoms with E-state index >= 15 is 0 Å². The van der Waals surface area contributed by atoms with E-state index in [1.54, 1.807) is 6.26 Å².